The molecule has 0 fully saturated rings. The summed E-state index contributed by atoms with van der Waals surface area (Å²) < 4.78 is 5.33. The summed E-state index contributed by atoms with van der Waals surface area (Å²) in [5.41, 5.74) is 4.40. The van der Waals surface area contributed by atoms with Crippen molar-refractivity contribution in [3.63, 3.8) is 0 Å². The van der Waals surface area contributed by atoms with Crippen molar-refractivity contribution in [2.24, 2.45) is 7.05 Å². The zero-order valence-electron chi connectivity index (χ0n) is 15.3. The fourth-order valence-corrected chi connectivity index (χ4v) is 2.84. The molecular formula is C17H23N7O. The summed E-state index contributed by atoms with van der Waals surface area (Å²) in [7, 11) is 3.65. The molecule has 0 atom stereocenters. The fourth-order valence-electron chi connectivity index (χ4n) is 2.84. The number of amides is 1. The second-order valence-corrected chi connectivity index (χ2v) is 6.38. The van der Waals surface area contributed by atoms with E-state index in [1.54, 1.807) is 33.6 Å². The van der Waals surface area contributed by atoms with Crippen LogP contribution in [0.25, 0.3) is 0 Å². The Hall–Kier alpha value is -2.90. The highest BCUT2D eigenvalue weighted by Gasteiger charge is 2.17. The van der Waals surface area contributed by atoms with E-state index in [1.807, 2.05) is 44.8 Å². The van der Waals surface area contributed by atoms with E-state index in [0.29, 0.717) is 18.9 Å². The molecule has 0 unspecified atom stereocenters. The Morgan fingerprint density at radius 3 is 2.56 bits per heavy atom. The average Bonchev–Trinajstić information content (AvgIpc) is 3.20. The van der Waals surface area contributed by atoms with Gasteiger partial charge in [0.25, 0.3) is 5.91 Å². The van der Waals surface area contributed by atoms with Crippen LogP contribution in [0.1, 0.15) is 33.1 Å². The zero-order valence-corrected chi connectivity index (χ0v) is 15.3. The molecule has 0 aliphatic carbocycles. The minimum Gasteiger partial charge on any atom is -0.336 e. The van der Waals surface area contributed by atoms with E-state index in [-0.39, 0.29) is 5.91 Å². The van der Waals surface area contributed by atoms with Gasteiger partial charge in [-0.15, -0.1) is 0 Å². The maximum atomic E-state index is 12.6. The molecule has 0 radical (unpaired) electrons. The van der Waals surface area contributed by atoms with Crippen LogP contribution >= 0.6 is 0 Å². The van der Waals surface area contributed by atoms with Gasteiger partial charge in [-0.25, -0.2) is 4.68 Å². The molecular weight excluding hydrogens is 318 g/mol. The van der Waals surface area contributed by atoms with Gasteiger partial charge in [-0.1, -0.05) is 0 Å². The lowest BCUT2D eigenvalue weighted by atomic mass is 10.2. The molecule has 3 heterocycles. The number of rotatable bonds is 5. The van der Waals surface area contributed by atoms with Crippen LogP contribution in [0.4, 0.5) is 0 Å². The minimum absolute atomic E-state index is 0.115. The molecule has 0 aliphatic rings. The van der Waals surface area contributed by atoms with Crippen LogP contribution in [0.3, 0.4) is 0 Å². The molecule has 1 amide bonds. The lowest BCUT2D eigenvalue weighted by molar-refractivity contribution is 0.0778. The SMILES string of the molecule is Cc1cc(C)n(Cn2ccc(C(=O)N(C)Cc3cn(C)nc3C)n2)n1. The standard InChI is InChI=1S/C17H23N7O/c1-12-8-13(2)24(18-12)11-23-7-6-16(20-23)17(25)21(4)9-15-10-22(5)19-14(15)3/h6-8,10H,9,11H2,1-5H3. The van der Waals surface area contributed by atoms with Crippen LogP contribution in [-0.2, 0) is 20.3 Å². The van der Waals surface area contributed by atoms with Crippen molar-refractivity contribution in [3.05, 3.63) is 52.9 Å². The molecule has 8 heteroatoms. The Morgan fingerprint density at radius 1 is 1.20 bits per heavy atom. The number of nitrogens with zero attached hydrogens (tertiary/aromatic N) is 7. The van der Waals surface area contributed by atoms with Crippen molar-refractivity contribution < 1.29 is 4.79 Å². The van der Waals surface area contributed by atoms with Crippen LogP contribution < -0.4 is 0 Å². The fraction of sp³-hybridized carbons (Fsp3) is 0.412. The van der Waals surface area contributed by atoms with E-state index >= 15 is 0 Å². The Morgan fingerprint density at radius 2 is 1.96 bits per heavy atom. The summed E-state index contributed by atoms with van der Waals surface area (Å²) in [6.45, 7) is 6.88. The maximum absolute atomic E-state index is 12.6. The van der Waals surface area contributed by atoms with Gasteiger partial charge in [-0.3, -0.25) is 14.2 Å². The van der Waals surface area contributed by atoms with E-state index in [2.05, 4.69) is 15.3 Å². The maximum Gasteiger partial charge on any atom is 0.274 e. The first-order valence-corrected chi connectivity index (χ1v) is 8.12. The van der Waals surface area contributed by atoms with E-state index in [1.165, 1.54) is 0 Å². The van der Waals surface area contributed by atoms with Gasteiger partial charge in [0.2, 0.25) is 0 Å². The summed E-state index contributed by atoms with van der Waals surface area (Å²) in [6, 6.07) is 3.75. The van der Waals surface area contributed by atoms with Gasteiger partial charge in [0.05, 0.1) is 11.4 Å². The highest BCUT2D eigenvalue weighted by atomic mass is 16.2. The van der Waals surface area contributed by atoms with Crippen LogP contribution in [0.2, 0.25) is 0 Å². The van der Waals surface area contributed by atoms with Gasteiger partial charge >= 0.3 is 0 Å². The van der Waals surface area contributed by atoms with Crippen LogP contribution in [0.15, 0.2) is 24.5 Å². The van der Waals surface area contributed by atoms with E-state index in [0.717, 1.165) is 22.6 Å². The number of hydrogen-bond acceptors (Lipinski definition) is 4. The molecule has 132 valence electrons. The molecule has 0 spiro atoms. The minimum atomic E-state index is -0.115. The van der Waals surface area contributed by atoms with Gasteiger partial charge in [-0.05, 0) is 32.9 Å². The number of carbonyl (C=O) groups is 1. The third-order valence-electron chi connectivity index (χ3n) is 4.11. The van der Waals surface area contributed by atoms with Crippen molar-refractivity contribution in [1.82, 2.24) is 34.2 Å². The molecule has 0 N–H and O–H groups in total. The third-order valence-corrected chi connectivity index (χ3v) is 4.11. The van der Waals surface area contributed by atoms with Crippen molar-refractivity contribution in [3.8, 4) is 0 Å². The first-order valence-electron chi connectivity index (χ1n) is 8.12. The number of hydrogen-bond donors (Lipinski definition) is 0. The first-order chi connectivity index (χ1) is 11.8. The second-order valence-electron chi connectivity index (χ2n) is 6.38. The lowest BCUT2D eigenvalue weighted by Gasteiger charge is -2.15. The highest BCUT2D eigenvalue weighted by molar-refractivity contribution is 5.91. The summed E-state index contributed by atoms with van der Waals surface area (Å²) >= 11 is 0. The molecule has 25 heavy (non-hydrogen) atoms. The summed E-state index contributed by atoms with van der Waals surface area (Å²) in [6.07, 6.45) is 3.73. The lowest BCUT2D eigenvalue weighted by Crippen LogP contribution is -2.27. The van der Waals surface area contributed by atoms with E-state index < -0.39 is 0 Å². The van der Waals surface area contributed by atoms with Crippen molar-refractivity contribution in [2.75, 3.05) is 7.05 Å². The van der Waals surface area contributed by atoms with Crippen molar-refractivity contribution in [2.45, 2.75) is 34.0 Å². The summed E-state index contributed by atoms with van der Waals surface area (Å²) in [5.74, 6) is -0.115. The van der Waals surface area contributed by atoms with Gasteiger partial charge in [0, 0.05) is 44.3 Å². The van der Waals surface area contributed by atoms with Gasteiger partial charge in [0.1, 0.15) is 12.4 Å². The smallest absolute Gasteiger partial charge is 0.274 e. The number of aryl methyl sites for hydroxylation is 4. The molecule has 0 saturated heterocycles. The first kappa shape index (κ1) is 16.9. The molecule has 3 rings (SSSR count). The topological polar surface area (TPSA) is 73.8 Å². The molecule has 3 aromatic heterocycles. The Labute approximate surface area is 146 Å². The summed E-state index contributed by atoms with van der Waals surface area (Å²) in [5, 5.41) is 13.1. The summed E-state index contributed by atoms with van der Waals surface area (Å²) in [4.78, 5) is 14.3. The largest absolute Gasteiger partial charge is 0.336 e. The molecule has 8 nitrogen and oxygen atoms in total. The Kier molecular flexibility index (Phi) is 4.43. The molecule has 0 saturated carbocycles. The van der Waals surface area contributed by atoms with Crippen LogP contribution in [0.5, 0.6) is 0 Å². The Bertz CT molecular complexity index is 902. The van der Waals surface area contributed by atoms with Gasteiger partial charge in [-0.2, -0.15) is 15.3 Å². The second kappa shape index (κ2) is 6.54. The zero-order chi connectivity index (χ0) is 18.1. The highest BCUT2D eigenvalue weighted by Crippen LogP contribution is 2.10. The van der Waals surface area contributed by atoms with Gasteiger partial charge < -0.3 is 4.90 Å². The predicted molar refractivity (Wildman–Crippen MR) is 93.1 cm³/mol. The molecule has 0 bridgehead atoms. The predicted octanol–water partition coefficient (Wildman–Crippen LogP) is 1.52. The van der Waals surface area contributed by atoms with Crippen molar-refractivity contribution in [1.29, 1.82) is 0 Å². The monoisotopic (exact) mass is 341 g/mol. The molecule has 0 aromatic carbocycles. The normalized spacial score (nSPS) is 11.1. The van der Waals surface area contributed by atoms with Crippen molar-refractivity contribution >= 4 is 5.91 Å². The van der Waals surface area contributed by atoms with Gasteiger partial charge in [0.15, 0.2) is 0 Å². The number of aromatic nitrogens is 6. The molecule has 0 aliphatic heterocycles. The quantitative estimate of drug-likeness (QED) is 0.705. The van der Waals surface area contributed by atoms with Crippen LogP contribution in [-0.4, -0.2) is 47.2 Å². The van der Waals surface area contributed by atoms with E-state index in [9.17, 15) is 4.79 Å². The van der Waals surface area contributed by atoms with E-state index in [4.69, 9.17) is 0 Å². The number of carbonyl (C=O) groups excluding carboxylic acids is 1. The Balaban J connectivity index is 1.69. The third kappa shape index (κ3) is 3.62. The molecule has 3 aromatic rings. The van der Waals surface area contributed by atoms with Crippen LogP contribution in [0, 0.1) is 20.8 Å². The average molecular weight is 341 g/mol.